The quantitative estimate of drug-likeness (QED) is 0.761. The fourth-order valence-electron chi connectivity index (χ4n) is 2.15. The van der Waals surface area contributed by atoms with E-state index in [1.54, 1.807) is 0 Å². The maximum atomic E-state index is 12.2. The standard InChI is InChI=1S/C13H15NO5/c1-3-4-5-8-6-11(16)19-9-7-10(15)14(18-2)13(17)12(8)9/h6H,3-5,7H2,1-2H3. The molecule has 0 bridgehead atoms. The molecule has 0 saturated heterocycles. The van der Waals surface area contributed by atoms with Crippen molar-refractivity contribution in [3.8, 4) is 0 Å². The summed E-state index contributed by atoms with van der Waals surface area (Å²) in [5.74, 6) is -0.957. The largest absolute Gasteiger partial charge is 0.426 e. The minimum absolute atomic E-state index is 0.135. The lowest BCUT2D eigenvalue weighted by Crippen LogP contribution is -2.42. The maximum Gasteiger partial charge on any atom is 0.336 e. The number of hydrogen-bond acceptors (Lipinski definition) is 5. The molecule has 0 aromatic carbocycles. The van der Waals surface area contributed by atoms with Crippen LogP contribution in [0, 0.1) is 0 Å². The zero-order chi connectivity index (χ0) is 14.0. The Hall–Kier alpha value is -1.95. The molecule has 0 spiro atoms. The smallest absolute Gasteiger partial charge is 0.336 e. The first-order valence-corrected chi connectivity index (χ1v) is 6.15. The SMILES string of the molecule is CCCCc1cc(=O)oc2c1C(=O)N(OC)C(=O)C2. The maximum absolute atomic E-state index is 12.2. The second-order valence-corrected chi connectivity index (χ2v) is 4.35. The Morgan fingerprint density at radius 3 is 2.74 bits per heavy atom. The van der Waals surface area contributed by atoms with Crippen LogP contribution in [0.15, 0.2) is 15.3 Å². The third-order valence-corrected chi connectivity index (χ3v) is 3.03. The van der Waals surface area contributed by atoms with Crippen LogP contribution in [0.4, 0.5) is 0 Å². The molecule has 1 aromatic rings. The van der Waals surface area contributed by atoms with Crippen LogP contribution in [-0.4, -0.2) is 24.0 Å². The first kappa shape index (κ1) is 13.5. The average molecular weight is 265 g/mol. The van der Waals surface area contributed by atoms with Crippen LogP contribution in [0.3, 0.4) is 0 Å². The predicted octanol–water partition coefficient (Wildman–Crippen LogP) is 1.07. The highest BCUT2D eigenvalue weighted by atomic mass is 16.7. The van der Waals surface area contributed by atoms with Gasteiger partial charge in [-0.2, -0.15) is 0 Å². The van der Waals surface area contributed by atoms with Crippen LogP contribution in [0.25, 0.3) is 0 Å². The zero-order valence-corrected chi connectivity index (χ0v) is 10.9. The summed E-state index contributed by atoms with van der Waals surface area (Å²) < 4.78 is 4.97. The highest BCUT2D eigenvalue weighted by Crippen LogP contribution is 2.23. The van der Waals surface area contributed by atoms with Gasteiger partial charge in [0.05, 0.1) is 19.1 Å². The highest BCUT2D eigenvalue weighted by Gasteiger charge is 2.35. The molecule has 0 saturated carbocycles. The van der Waals surface area contributed by atoms with E-state index in [2.05, 4.69) is 0 Å². The molecule has 6 heteroatoms. The summed E-state index contributed by atoms with van der Waals surface area (Å²) in [6.07, 6.45) is 2.26. The lowest BCUT2D eigenvalue weighted by Gasteiger charge is -2.24. The minimum atomic E-state index is -0.566. The Morgan fingerprint density at radius 2 is 2.11 bits per heavy atom. The van der Waals surface area contributed by atoms with Crippen LogP contribution >= 0.6 is 0 Å². The molecule has 0 aliphatic carbocycles. The fraction of sp³-hybridized carbons (Fsp3) is 0.462. The molecule has 2 rings (SSSR count). The molecule has 102 valence electrons. The highest BCUT2D eigenvalue weighted by molar-refractivity contribution is 6.08. The van der Waals surface area contributed by atoms with Crippen molar-refractivity contribution >= 4 is 11.8 Å². The predicted molar refractivity (Wildman–Crippen MR) is 65.5 cm³/mol. The van der Waals surface area contributed by atoms with E-state index in [4.69, 9.17) is 9.25 Å². The number of rotatable bonds is 4. The van der Waals surface area contributed by atoms with E-state index in [9.17, 15) is 14.4 Å². The summed E-state index contributed by atoms with van der Waals surface area (Å²) in [7, 11) is 1.26. The fourth-order valence-corrected chi connectivity index (χ4v) is 2.15. The van der Waals surface area contributed by atoms with Crippen molar-refractivity contribution in [3.05, 3.63) is 33.4 Å². The van der Waals surface area contributed by atoms with Gasteiger partial charge in [0.1, 0.15) is 5.76 Å². The van der Waals surface area contributed by atoms with Gasteiger partial charge in [0, 0.05) is 6.07 Å². The Labute approximate surface area is 109 Å². The number of hydrogen-bond donors (Lipinski definition) is 0. The molecule has 0 radical (unpaired) electrons. The van der Waals surface area contributed by atoms with Crippen molar-refractivity contribution < 1.29 is 18.8 Å². The number of unbranched alkanes of at least 4 members (excludes halogenated alkanes) is 1. The van der Waals surface area contributed by atoms with E-state index in [-0.39, 0.29) is 17.7 Å². The van der Waals surface area contributed by atoms with Crippen molar-refractivity contribution in [1.82, 2.24) is 5.06 Å². The Kier molecular flexibility index (Phi) is 3.80. The molecule has 1 aliphatic heterocycles. The molecular weight excluding hydrogens is 250 g/mol. The first-order chi connectivity index (χ1) is 9.08. The van der Waals surface area contributed by atoms with E-state index in [1.807, 2.05) is 6.92 Å². The Morgan fingerprint density at radius 1 is 1.37 bits per heavy atom. The average Bonchev–Trinajstić information content (AvgIpc) is 2.35. The Balaban J connectivity index is 2.52. The van der Waals surface area contributed by atoms with Gasteiger partial charge in [-0.05, 0) is 18.4 Å². The lowest BCUT2D eigenvalue weighted by atomic mass is 9.98. The van der Waals surface area contributed by atoms with Crippen LogP contribution in [-0.2, 0) is 22.5 Å². The lowest BCUT2D eigenvalue weighted by molar-refractivity contribution is -0.162. The molecule has 0 fully saturated rings. The molecule has 1 aliphatic rings. The van der Waals surface area contributed by atoms with Crippen LogP contribution < -0.4 is 5.63 Å². The molecule has 0 unspecified atom stereocenters. The Bertz CT molecular complexity index is 575. The van der Waals surface area contributed by atoms with E-state index in [1.165, 1.54) is 13.2 Å². The van der Waals surface area contributed by atoms with Gasteiger partial charge in [-0.25, -0.2) is 4.79 Å². The minimum Gasteiger partial charge on any atom is -0.426 e. The number of carbonyl (C=O) groups is 2. The van der Waals surface area contributed by atoms with E-state index in [0.29, 0.717) is 17.0 Å². The van der Waals surface area contributed by atoms with E-state index in [0.717, 1.165) is 12.8 Å². The van der Waals surface area contributed by atoms with Crippen molar-refractivity contribution in [2.45, 2.75) is 32.6 Å². The van der Waals surface area contributed by atoms with E-state index >= 15 is 0 Å². The van der Waals surface area contributed by atoms with Crippen LogP contribution in [0.2, 0.25) is 0 Å². The molecule has 2 heterocycles. The summed E-state index contributed by atoms with van der Waals surface area (Å²) in [4.78, 5) is 40.1. The number of amides is 2. The van der Waals surface area contributed by atoms with Crippen LogP contribution in [0.1, 0.15) is 41.4 Å². The van der Waals surface area contributed by atoms with Crippen molar-refractivity contribution in [1.29, 1.82) is 0 Å². The van der Waals surface area contributed by atoms with Gasteiger partial charge in [-0.15, -0.1) is 5.06 Å². The molecule has 1 aromatic heterocycles. The van der Waals surface area contributed by atoms with Gasteiger partial charge >= 0.3 is 5.63 Å². The van der Waals surface area contributed by atoms with Crippen molar-refractivity contribution in [2.75, 3.05) is 7.11 Å². The van der Waals surface area contributed by atoms with E-state index < -0.39 is 17.4 Å². The number of nitrogens with zero attached hydrogens (tertiary/aromatic N) is 1. The van der Waals surface area contributed by atoms with Gasteiger partial charge in [0.25, 0.3) is 11.8 Å². The molecule has 19 heavy (non-hydrogen) atoms. The topological polar surface area (TPSA) is 76.8 Å². The normalized spacial score (nSPS) is 14.7. The summed E-state index contributed by atoms with van der Waals surface area (Å²) in [5, 5.41) is 0.706. The summed E-state index contributed by atoms with van der Waals surface area (Å²) in [6, 6.07) is 1.32. The monoisotopic (exact) mass is 265 g/mol. The van der Waals surface area contributed by atoms with Gasteiger partial charge in [-0.1, -0.05) is 13.3 Å². The number of fused-ring (bicyclic) bond motifs is 1. The molecule has 2 amide bonds. The second-order valence-electron chi connectivity index (χ2n) is 4.35. The van der Waals surface area contributed by atoms with Crippen molar-refractivity contribution in [3.63, 3.8) is 0 Å². The van der Waals surface area contributed by atoms with Crippen molar-refractivity contribution in [2.24, 2.45) is 0 Å². The third kappa shape index (κ3) is 2.44. The molecule has 0 atom stereocenters. The number of hydroxylamine groups is 2. The molecule has 6 nitrogen and oxygen atoms in total. The summed E-state index contributed by atoms with van der Waals surface area (Å²) in [5.41, 5.74) is 0.374. The second kappa shape index (κ2) is 5.36. The van der Waals surface area contributed by atoms with Gasteiger partial charge in [-0.3, -0.25) is 14.4 Å². The number of imide groups is 1. The summed E-state index contributed by atoms with van der Waals surface area (Å²) >= 11 is 0. The third-order valence-electron chi connectivity index (χ3n) is 3.03. The first-order valence-electron chi connectivity index (χ1n) is 6.15. The number of carbonyl (C=O) groups excluding carboxylic acids is 2. The summed E-state index contributed by atoms with van der Waals surface area (Å²) in [6.45, 7) is 2.02. The van der Waals surface area contributed by atoms with Gasteiger partial charge < -0.3 is 4.42 Å². The zero-order valence-electron chi connectivity index (χ0n) is 10.9. The van der Waals surface area contributed by atoms with Gasteiger partial charge in [0.2, 0.25) is 0 Å². The van der Waals surface area contributed by atoms with Gasteiger partial charge in [0.15, 0.2) is 0 Å². The molecular formula is C13H15NO5. The number of aryl methyl sites for hydroxylation is 1. The molecule has 0 N–H and O–H groups in total. The van der Waals surface area contributed by atoms with Crippen LogP contribution in [0.5, 0.6) is 0 Å².